The maximum atomic E-state index is 12.5. The smallest absolute Gasteiger partial charge is 0.236 e. The lowest BCUT2D eigenvalue weighted by Gasteiger charge is -2.34. The summed E-state index contributed by atoms with van der Waals surface area (Å²) in [6, 6.07) is 12.0. The summed E-state index contributed by atoms with van der Waals surface area (Å²) in [4.78, 5) is 27.4. The number of hydrogen-bond acceptors (Lipinski definition) is 3. The fourth-order valence-electron chi connectivity index (χ4n) is 3.40. The molecule has 0 aromatic heterocycles. The number of piperazine rings is 1. The van der Waals surface area contributed by atoms with Crippen LogP contribution in [0.4, 0.5) is 0 Å². The zero-order valence-electron chi connectivity index (χ0n) is 15.2. The number of carbonyl (C=O) groups excluding carboxylic acids is 2. The van der Waals surface area contributed by atoms with E-state index in [2.05, 4.69) is 18.3 Å². The Kier molecular flexibility index (Phi) is 5.79. The lowest BCUT2D eigenvalue weighted by atomic mass is 9.99. The Morgan fingerprint density at radius 2 is 1.65 bits per heavy atom. The molecule has 0 aliphatic carbocycles. The van der Waals surface area contributed by atoms with Crippen LogP contribution in [0, 0.1) is 0 Å². The van der Waals surface area contributed by atoms with Gasteiger partial charge in [0.05, 0.1) is 6.54 Å². The van der Waals surface area contributed by atoms with Crippen molar-refractivity contribution in [3.63, 3.8) is 0 Å². The molecule has 3 rings (SSSR count). The molecule has 1 atom stereocenters. The summed E-state index contributed by atoms with van der Waals surface area (Å²) < 4.78 is 0. The zero-order valence-corrected chi connectivity index (χ0v) is 15.9. The number of benzene rings is 2. The van der Waals surface area contributed by atoms with Gasteiger partial charge in [-0.3, -0.25) is 9.59 Å². The molecule has 1 fully saturated rings. The zero-order chi connectivity index (χ0) is 18.7. The SMILES string of the molecule is CC(=O)N1CCN(C(=O)CNC(C)c2ccc(Cl)c3ccccc23)CC1. The third-order valence-corrected chi connectivity index (χ3v) is 5.34. The molecule has 2 aromatic carbocycles. The van der Waals surface area contributed by atoms with E-state index in [0.717, 1.165) is 21.4 Å². The predicted molar refractivity (Wildman–Crippen MR) is 104 cm³/mol. The molecule has 1 aliphatic rings. The highest BCUT2D eigenvalue weighted by molar-refractivity contribution is 6.35. The van der Waals surface area contributed by atoms with Gasteiger partial charge in [0.1, 0.15) is 0 Å². The fraction of sp³-hybridized carbons (Fsp3) is 0.400. The monoisotopic (exact) mass is 373 g/mol. The first kappa shape index (κ1) is 18.7. The first-order valence-corrected chi connectivity index (χ1v) is 9.29. The Morgan fingerprint density at radius 1 is 1.04 bits per heavy atom. The molecule has 26 heavy (non-hydrogen) atoms. The van der Waals surface area contributed by atoms with Crippen LogP contribution in [-0.2, 0) is 9.59 Å². The number of nitrogens with one attached hydrogen (secondary N) is 1. The Balaban J connectivity index is 1.61. The molecule has 2 amide bonds. The lowest BCUT2D eigenvalue weighted by Crippen LogP contribution is -2.51. The molecule has 138 valence electrons. The number of hydrogen-bond donors (Lipinski definition) is 1. The quantitative estimate of drug-likeness (QED) is 0.896. The second-order valence-electron chi connectivity index (χ2n) is 6.67. The Morgan fingerprint density at radius 3 is 2.31 bits per heavy atom. The van der Waals surface area contributed by atoms with Crippen LogP contribution >= 0.6 is 11.6 Å². The first-order valence-electron chi connectivity index (χ1n) is 8.91. The molecular weight excluding hydrogens is 350 g/mol. The van der Waals surface area contributed by atoms with Crippen LogP contribution in [-0.4, -0.2) is 54.3 Å². The highest BCUT2D eigenvalue weighted by Gasteiger charge is 2.22. The van der Waals surface area contributed by atoms with Gasteiger partial charge >= 0.3 is 0 Å². The van der Waals surface area contributed by atoms with Gasteiger partial charge in [-0.25, -0.2) is 0 Å². The molecule has 1 aliphatic heterocycles. The molecule has 1 N–H and O–H groups in total. The number of rotatable bonds is 4. The molecule has 0 radical (unpaired) electrons. The summed E-state index contributed by atoms with van der Waals surface area (Å²) in [5, 5.41) is 6.18. The van der Waals surface area contributed by atoms with Crippen LogP contribution in [0.5, 0.6) is 0 Å². The first-order chi connectivity index (χ1) is 12.5. The number of amides is 2. The van der Waals surface area contributed by atoms with Crippen LogP contribution < -0.4 is 5.32 Å². The average Bonchev–Trinajstić information content (AvgIpc) is 2.66. The highest BCUT2D eigenvalue weighted by atomic mass is 35.5. The summed E-state index contributed by atoms with van der Waals surface area (Å²) in [5.74, 6) is 0.136. The second kappa shape index (κ2) is 8.06. The minimum atomic E-state index is 0.0274. The van der Waals surface area contributed by atoms with E-state index in [1.807, 2.05) is 35.2 Å². The third-order valence-electron chi connectivity index (χ3n) is 5.01. The van der Waals surface area contributed by atoms with E-state index in [4.69, 9.17) is 11.6 Å². The molecular formula is C20H24ClN3O2. The Hall–Kier alpha value is -2.11. The van der Waals surface area contributed by atoms with E-state index >= 15 is 0 Å². The minimum absolute atomic E-state index is 0.0274. The molecule has 2 aromatic rings. The Labute approximate surface area is 158 Å². The molecule has 6 heteroatoms. The normalized spacial score (nSPS) is 16.0. The number of carbonyl (C=O) groups is 2. The van der Waals surface area contributed by atoms with E-state index in [0.29, 0.717) is 26.2 Å². The topological polar surface area (TPSA) is 52.7 Å². The summed E-state index contributed by atoms with van der Waals surface area (Å²) in [6.07, 6.45) is 0. The highest BCUT2D eigenvalue weighted by Crippen LogP contribution is 2.29. The maximum Gasteiger partial charge on any atom is 0.236 e. The lowest BCUT2D eigenvalue weighted by molar-refractivity contribution is -0.137. The second-order valence-corrected chi connectivity index (χ2v) is 7.08. The van der Waals surface area contributed by atoms with Gasteiger partial charge in [-0.2, -0.15) is 0 Å². The van der Waals surface area contributed by atoms with Gasteiger partial charge in [0.15, 0.2) is 0 Å². The van der Waals surface area contributed by atoms with Crippen molar-refractivity contribution in [2.75, 3.05) is 32.7 Å². The summed E-state index contributed by atoms with van der Waals surface area (Å²) in [7, 11) is 0. The average molecular weight is 374 g/mol. The molecule has 1 saturated heterocycles. The summed E-state index contributed by atoms with van der Waals surface area (Å²) >= 11 is 6.29. The van der Waals surface area contributed by atoms with Crippen LogP contribution in [0.25, 0.3) is 10.8 Å². The minimum Gasteiger partial charge on any atom is -0.339 e. The van der Waals surface area contributed by atoms with Crippen molar-refractivity contribution >= 4 is 34.2 Å². The van der Waals surface area contributed by atoms with Crippen molar-refractivity contribution in [3.05, 3.63) is 47.0 Å². The third kappa shape index (κ3) is 4.00. The van der Waals surface area contributed by atoms with E-state index in [1.165, 1.54) is 0 Å². The molecule has 0 saturated carbocycles. The van der Waals surface area contributed by atoms with Gasteiger partial charge in [0, 0.05) is 49.6 Å². The van der Waals surface area contributed by atoms with Crippen LogP contribution in [0.2, 0.25) is 5.02 Å². The Bertz CT molecular complexity index is 816. The van der Waals surface area contributed by atoms with Crippen molar-refractivity contribution in [2.45, 2.75) is 19.9 Å². The van der Waals surface area contributed by atoms with Gasteiger partial charge in [-0.1, -0.05) is 41.9 Å². The van der Waals surface area contributed by atoms with E-state index in [-0.39, 0.29) is 24.4 Å². The van der Waals surface area contributed by atoms with Crippen LogP contribution in [0.15, 0.2) is 36.4 Å². The van der Waals surface area contributed by atoms with Gasteiger partial charge in [-0.15, -0.1) is 0 Å². The molecule has 0 bridgehead atoms. The van der Waals surface area contributed by atoms with Gasteiger partial charge < -0.3 is 15.1 Å². The van der Waals surface area contributed by atoms with Gasteiger partial charge in [-0.05, 0) is 23.9 Å². The van der Waals surface area contributed by atoms with E-state index in [9.17, 15) is 9.59 Å². The molecule has 1 unspecified atom stereocenters. The van der Waals surface area contributed by atoms with Crippen molar-refractivity contribution in [2.24, 2.45) is 0 Å². The number of nitrogens with zero attached hydrogens (tertiary/aromatic N) is 2. The number of halogens is 1. The largest absolute Gasteiger partial charge is 0.339 e. The predicted octanol–water partition coefficient (Wildman–Crippen LogP) is 2.83. The van der Waals surface area contributed by atoms with E-state index in [1.54, 1.807) is 11.8 Å². The van der Waals surface area contributed by atoms with Crippen LogP contribution in [0.3, 0.4) is 0 Å². The standard InChI is InChI=1S/C20H24ClN3O2/c1-14(16-7-8-19(21)18-6-4-3-5-17(16)18)22-13-20(26)24-11-9-23(10-12-24)15(2)25/h3-8,14,22H,9-13H2,1-2H3. The van der Waals surface area contributed by atoms with Crippen molar-refractivity contribution in [1.29, 1.82) is 0 Å². The van der Waals surface area contributed by atoms with Crippen molar-refractivity contribution in [1.82, 2.24) is 15.1 Å². The number of fused-ring (bicyclic) bond motifs is 1. The van der Waals surface area contributed by atoms with Crippen molar-refractivity contribution in [3.8, 4) is 0 Å². The fourth-order valence-corrected chi connectivity index (χ4v) is 3.62. The molecule has 5 nitrogen and oxygen atoms in total. The maximum absolute atomic E-state index is 12.5. The van der Waals surface area contributed by atoms with Crippen LogP contribution in [0.1, 0.15) is 25.5 Å². The summed E-state index contributed by atoms with van der Waals surface area (Å²) in [6.45, 7) is 6.31. The van der Waals surface area contributed by atoms with Gasteiger partial charge in [0.2, 0.25) is 11.8 Å². The van der Waals surface area contributed by atoms with Crippen molar-refractivity contribution < 1.29 is 9.59 Å². The van der Waals surface area contributed by atoms with E-state index < -0.39 is 0 Å². The summed E-state index contributed by atoms with van der Waals surface area (Å²) in [5.41, 5.74) is 1.12. The molecule has 0 spiro atoms. The van der Waals surface area contributed by atoms with Gasteiger partial charge in [0.25, 0.3) is 0 Å². The molecule has 1 heterocycles.